The van der Waals surface area contributed by atoms with Gasteiger partial charge in [-0.3, -0.25) is 9.59 Å². The topological polar surface area (TPSA) is 74.6 Å². The minimum Gasteiger partial charge on any atom is -0.480 e. The molecule has 32 heavy (non-hydrogen) atoms. The number of halogens is 2. The molecule has 0 aliphatic rings. The Morgan fingerprint density at radius 2 is 1.72 bits per heavy atom. The molecule has 2 N–H and O–H groups in total. The fourth-order valence-corrected chi connectivity index (χ4v) is 4.05. The normalized spacial score (nSPS) is 11.2. The van der Waals surface area contributed by atoms with E-state index in [2.05, 4.69) is 5.32 Å². The number of nitrogens with zero attached hydrogens (tertiary/aromatic N) is 2. The lowest BCUT2D eigenvalue weighted by molar-refractivity contribution is -0.137. The van der Waals surface area contributed by atoms with Crippen molar-refractivity contribution in [3.63, 3.8) is 0 Å². The molecule has 164 valence electrons. The van der Waals surface area contributed by atoms with E-state index in [0.717, 1.165) is 23.4 Å². The smallest absolute Gasteiger partial charge is 0.323 e. The Morgan fingerprint density at radius 1 is 1.06 bits per heavy atom. The summed E-state index contributed by atoms with van der Waals surface area (Å²) in [5.41, 5.74) is 2.18. The van der Waals surface area contributed by atoms with E-state index in [0.29, 0.717) is 27.5 Å². The lowest BCUT2D eigenvalue weighted by Gasteiger charge is -2.23. The van der Waals surface area contributed by atoms with E-state index in [-0.39, 0.29) is 11.1 Å². The monoisotopic (exact) mass is 437 g/mol. The zero-order valence-electron chi connectivity index (χ0n) is 17.7. The van der Waals surface area contributed by atoms with Gasteiger partial charge in [0.15, 0.2) is 5.43 Å². The van der Waals surface area contributed by atoms with Crippen LogP contribution in [0.1, 0.15) is 5.56 Å². The van der Waals surface area contributed by atoms with Gasteiger partial charge in [0.25, 0.3) is 0 Å². The summed E-state index contributed by atoms with van der Waals surface area (Å²) < 4.78 is 29.8. The quantitative estimate of drug-likeness (QED) is 0.445. The van der Waals surface area contributed by atoms with Gasteiger partial charge >= 0.3 is 5.97 Å². The number of pyridine rings is 1. The number of carboxylic acid groups (broad SMARTS) is 1. The average Bonchev–Trinajstić information content (AvgIpc) is 2.73. The third kappa shape index (κ3) is 3.53. The van der Waals surface area contributed by atoms with Gasteiger partial charge < -0.3 is 19.9 Å². The first kappa shape index (κ1) is 21.3. The van der Waals surface area contributed by atoms with E-state index < -0.39 is 24.1 Å². The van der Waals surface area contributed by atoms with Crippen LogP contribution < -0.4 is 15.6 Å². The second-order valence-electron chi connectivity index (χ2n) is 7.78. The third-order valence-electron chi connectivity index (χ3n) is 5.37. The molecular weight excluding hydrogens is 416 g/mol. The summed E-state index contributed by atoms with van der Waals surface area (Å²) >= 11 is 0. The second kappa shape index (κ2) is 7.96. The first-order valence-corrected chi connectivity index (χ1v) is 9.89. The Morgan fingerprint density at radius 3 is 2.34 bits per heavy atom. The van der Waals surface area contributed by atoms with E-state index >= 15 is 0 Å². The maximum Gasteiger partial charge on any atom is 0.323 e. The summed E-state index contributed by atoms with van der Waals surface area (Å²) in [6.45, 7) is 1.49. The maximum atomic E-state index is 14.1. The molecule has 0 spiro atoms. The lowest BCUT2D eigenvalue weighted by Crippen LogP contribution is -2.20. The fourth-order valence-electron chi connectivity index (χ4n) is 4.05. The number of aliphatic carboxylic acids is 1. The number of anilines is 3. The van der Waals surface area contributed by atoms with Crippen LogP contribution in [0.5, 0.6) is 0 Å². The van der Waals surface area contributed by atoms with Crippen molar-refractivity contribution in [1.82, 2.24) is 4.57 Å². The van der Waals surface area contributed by atoms with Crippen molar-refractivity contribution in [3.05, 3.63) is 76.0 Å². The second-order valence-corrected chi connectivity index (χ2v) is 7.78. The first-order valence-electron chi connectivity index (χ1n) is 9.89. The Hall–Kier alpha value is -3.94. The van der Waals surface area contributed by atoms with Crippen molar-refractivity contribution in [1.29, 1.82) is 0 Å². The van der Waals surface area contributed by atoms with E-state index in [1.165, 1.54) is 24.3 Å². The van der Waals surface area contributed by atoms with E-state index in [1.807, 2.05) is 32.0 Å². The van der Waals surface area contributed by atoms with Crippen molar-refractivity contribution >= 4 is 44.8 Å². The molecule has 1 aromatic heterocycles. The van der Waals surface area contributed by atoms with Crippen LogP contribution in [0.3, 0.4) is 0 Å². The number of nitrogens with one attached hydrogen (secondary N) is 1. The standard InChI is InChI=1S/C24H21F2N3O3/c1-13-7-9-16-23(22(13)28(2)3)29(12-20(30)31)19-11-14(8-10-15(19)24(16)32)27-21-17(25)5-4-6-18(21)26/h4-11,27H,12H2,1-3H3,(H,30,31). The van der Waals surface area contributed by atoms with Gasteiger partial charge in [0, 0.05) is 30.6 Å². The van der Waals surface area contributed by atoms with Crippen LogP contribution in [0.4, 0.5) is 25.8 Å². The molecule has 0 atom stereocenters. The summed E-state index contributed by atoms with van der Waals surface area (Å²) in [6, 6.07) is 11.6. The highest BCUT2D eigenvalue weighted by molar-refractivity contribution is 6.02. The Labute approximate surface area is 182 Å². The first-order chi connectivity index (χ1) is 15.2. The van der Waals surface area contributed by atoms with Crippen LogP contribution in [0.15, 0.2) is 53.3 Å². The number of carbonyl (C=O) groups is 1. The summed E-state index contributed by atoms with van der Waals surface area (Å²) in [4.78, 5) is 26.8. The van der Waals surface area contributed by atoms with E-state index in [1.54, 1.807) is 10.6 Å². The number of aromatic nitrogens is 1. The summed E-state index contributed by atoms with van der Waals surface area (Å²) in [5, 5.41) is 13.0. The molecule has 0 fully saturated rings. The molecule has 0 unspecified atom stereocenters. The molecular formula is C24H21F2N3O3. The summed E-state index contributed by atoms with van der Waals surface area (Å²) in [7, 11) is 3.64. The molecule has 0 amide bonds. The Kier molecular flexibility index (Phi) is 5.30. The van der Waals surface area contributed by atoms with Gasteiger partial charge in [0.05, 0.1) is 16.7 Å². The van der Waals surface area contributed by atoms with Crippen LogP contribution in [-0.4, -0.2) is 29.7 Å². The average molecular weight is 437 g/mol. The van der Waals surface area contributed by atoms with Crippen LogP contribution in [-0.2, 0) is 11.3 Å². The number of para-hydroxylation sites is 1. The Balaban J connectivity index is 2.07. The van der Waals surface area contributed by atoms with Gasteiger partial charge in [-0.25, -0.2) is 8.78 Å². The number of aryl methyl sites for hydroxylation is 1. The third-order valence-corrected chi connectivity index (χ3v) is 5.37. The van der Waals surface area contributed by atoms with Crippen LogP contribution >= 0.6 is 0 Å². The van der Waals surface area contributed by atoms with Crippen molar-refractivity contribution < 1.29 is 18.7 Å². The molecule has 0 bridgehead atoms. The van der Waals surface area contributed by atoms with Crippen molar-refractivity contribution in [2.75, 3.05) is 24.3 Å². The highest BCUT2D eigenvalue weighted by Gasteiger charge is 2.19. The highest BCUT2D eigenvalue weighted by atomic mass is 19.1. The van der Waals surface area contributed by atoms with E-state index in [4.69, 9.17) is 0 Å². The number of benzene rings is 3. The number of rotatable bonds is 5. The lowest BCUT2D eigenvalue weighted by atomic mass is 10.0. The number of hydrogen-bond acceptors (Lipinski definition) is 4. The molecule has 1 heterocycles. The van der Waals surface area contributed by atoms with Gasteiger partial charge in [-0.05, 0) is 48.9 Å². The van der Waals surface area contributed by atoms with Gasteiger partial charge in [0.1, 0.15) is 23.9 Å². The number of fused-ring (bicyclic) bond motifs is 2. The number of carboxylic acids is 1. The molecule has 0 radical (unpaired) electrons. The predicted molar refractivity (Wildman–Crippen MR) is 122 cm³/mol. The van der Waals surface area contributed by atoms with Gasteiger partial charge in [-0.2, -0.15) is 0 Å². The van der Waals surface area contributed by atoms with Gasteiger partial charge in [0.2, 0.25) is 0 Å². The van der Waals surface area contributed by atoms with Gasteiger partial charge in [-0.1, -0.05) is 12.1 Å². The predicted octanol–water partition coefficient (Wildman–Crippen LogP) is 4.64. The van der Waals surface area contributed by atoms with Crippen LogP contribution in [0.2, 0.25) is 0 Å². The van der Waals surface area contributed by atoms with Crippen molar-refractivity contribution in [2.45, 2.75) is 13.5 Å². The molecule has 0 aliphatic heterocycles. The zero-order valence-corrected chi connectivity index (χ0v) is 17.7. The summed E-state index contributed by atoms with van der Waals surface area (Å²) in [5.74, 6) is -2.62. The molecule has 6 nitrogen and oxygen atoms in total. The largest absolute Gasteiger partial charge is 0.480 e. The SMILES string of the molecule is Cc1ccc2c(=O)c3ccc(Nc4c(F)cccc4F)cc3n(CC(=O)O)c2c1N(C)C. The highest BCUT2D eigenvalue weighted by Crippen LogP contribution is 2.32. The molecule has 8 heteroatoms. The molecule has 0 saturated heterocycles. The maximum absolute atomic E-state index is 14.1. The minimum absolute atomic E-state index is 0.247. The Bertz CT molecular complexity index is 1420. The van der Waals surface area contributed by atoms with Crippen molar-refractivity contribution in [3.8, 4) is 0 Å². The molecule has 3 aromatic carbocycles. The molecule has 0 saturated carbocycles. The molecule has 0 aliphatic carbocycles. The van der Waals surface area contributed by atoms with Crippen LogP contribution in [0, 0.1) is 18.6 Å². The van der Waals surface area contributed by atoms with Crippen LogP contribution in [0.25, 0.3) is 21.8 Å². The van der Waals surface area contributed by atoms with Gasteiger partial charge in [-0.15, -0.1) is 0 Å². The minimum atomic E-state index is -1.08. The molecule has 4 aromatic rings. The molecule has 4 rings (SSSR count). The van der Waals surface area contributed by atoms with Crippen molar-refractivity contribution in [2.24, 2.45) is 0 Å². The number of hydrogen-bond donors (Lipinski definition) is 2. The van der Waals surface area contributed by atoms with E-state index in [9.17, 15) is 23.5 Å². The zero-order chi connectivity index (χ0) is 23.2. The summed E-state index contributed by atoms with van der Waals surface area (Å²) in [6.07, 6.45) is 0. The fraction of sp³-hybridized carbons (Fsp3) is 0.167.